The minimum atomic E-state index is -0.623. The molecular weight excluding hydrogens is 435 g/mol. The third-order valence-corrected chi connectivity index (χ3v) is 5.75. The van der Waals surface area contributed by atoms with Gasteiger partial charge in [-0.1, -0.05) is 48.5 Å². The maximum Gasteiger partial charge on any atom is 0.342 e. The smallest absolute Gasteiger partial charge is 0.342 e. The van der Waals surface area contributed by atoms with Crippen LogP contribution in [0.5, 0.6) is 5.75 Å². The van der Waals surface area contributed by atoms with Crippen LogP contribution in [-0.2, 0) is 22.7 Å². The number of benzene rings is 3. The van der Waals surface area contributed by atoms with Gasteiger partial charge in [-0.15, -0.1) is 0 Å². The van der Waals surface area contributed by atoms with Gasteiger partial charge < -0.3 is 14.2 Å². The number of rotatable bonds is 5. The van der Waals surface area contributed by atoms with Crippen LogP contribution in [0.3, 0.4) is 0 Å². The number of esters is 1. The van der Waals surface area contributed by atoms with Crippen molar-refractivity contribution in [2.45, 2.75) is 33.4 Å². The first-order valence-corrected chi connectivity index (χ1v) is 10.9. The SMILES string of the molecule is Cc1nn(-c2ccccc2)c(C)c1C(=O)OCc1cc(F)cc2c1OC(c1ccccc1)OC2. The van der Waals surface area contributed by atoms with Crippen molar-refractivity contribution >= 4 is 5.97 Å². The van der Waals surface area contributed by atoms with Crippen LogP contribution < -0.4 is 4.74 Å². The number of aromatic nitrogens is 2. The Morgan fingerprint density at radius 2 is 1.79 bits per heavy atom. The largest absolute Gasteiger partial charge is 0.460 e. The number of ether oxygens (including phenoxy) is 3. The van der Waals surface area contributed by atoms with E-state index < -0.39 is 18.1 Å². The standard InChI is InChI=1S/C27H23FN2O4/c1-17-24(18(2)30(29-17)23-11-7-4-8-12-23)26(31)32-15-20-13-22(28)14-21-16-33-27(34-25(20)21)19-9-5-3-6-10-19/h3-14,27H,15-16H2,1-2H3. The molecule has 1 aromatic heterocycles. The molecule has 7 heteroatoms. The van der Waals surface area contributed by atoms with Crippen LogP contribution in [0, 0.1) is 19.7 Å². The molecule has 0 amide bonds. The van der Waals surface area contributed by atoms with Crippen molar-refractivity contribution in [3.63, 3.8) is 0 Å². The molecule has 0 saturated heterocycles. The number of hydrogen-bond donors (Lipinski definition) is 0. The summed E-state index contributed by atoms with van der Waals surface area (Å²) in [5, 5.41) is 4.50. The molecular formula is C27H23FN2O4. The molecule has 1 aliphatic heterocycles. The minimum absolute atomic E-state index is 0.143. The van der Waals surface area contributed by atoms with Crippen molar-refractivity contribution in [3.05, 3.63) is 112 Å². The molecule has 1 atom stereocenters. The molecule has 0 fully saturated rings. The Kier molecular flexibility index (Phi) is 5.86. The van der Waals surface area contributed by atoms with Gasteiger partial charge in [0.15, 0.2) is 0 Å². The summed E-state index contributed by atoms with van der Waals surface area (Å²) in [5.41, 5.74) is 4.33. The second kappa shape index (κ2) is 9.11. The highest BCUT2D eigenvalue weighted by atomic mass is 19.1. The van der Waals surface area contributed by atoms with E-state index >= 15 is 0 Å². The van der Waals surface area contributed by atoms with Crippen LogP contribution >= 0.6 is 0 Å². The Morgan fingerprint density at radius 3 is 2.53 bits per heavy atom. The quantitative estimate of drug-likeness (QED) is 0.365. The molecule has 3 aromatic carbocycles. The maximum atomic E-state index is 14.3. The molecule has 0 spiro atoms. The van der Waals surface area contributed by atoms with Gasteiger partial charge in [0.1, 0.15) is 23.7 Å². The summed E-state index contributed by atoms with van der Waals surface area (Å²) in [6.07, 6.45) is -0.623. The zero-order valence-corrected chi connectivity index (χ0v) is 18.8. The second-order valence-corrected chi connectivity index (χ2v) is 8.09. The van der Waals surface area contributed by atoms with Crippen molar-refractivity contribution in [1.29, 1.82) is 0 Å². The molecule has 1 unspecified atom stereocenters. The fraction of sp³-hybridized carbons (Fsp3) is 0.185. The first-order chi connectivity index (χ1) is 16.5. The summed E-state index contributed by atoms with van der Waals surface area (Å²) in [5.74, 6) is -0.496. The molecule has 1 aliphatic rings. The Morgan fingerprint density at radius 1 is 1.09 bits per heavy atom. The molecule has 0 N–H and O–H groups in total. The number of aryl methyl sites for hydroxylation is 1. The lowest BCUT2D eigenvalue weighted by atomic mass is 10.1. The summed E-state index contributed by atoms with van der Waals surface area (Å²) >= 11 is 0. The number of hydrogen-bond acceptors (Lipinski definition) is 5. The lowest BCUT2D eigenvalue weighted by Gasteiger charge is -2.28. The van der Waals surface area contributed by atoms with Crippen LogP contribution in [0.1, 0.15) is 44.7 Å². The molecule has 4 aromatic rings. The van der Waals surface area contributed by atoms with E-state index in [1.807, 2.05) is 67.6 Å². The van der Waals surface area contributed by atoms with Gasteiger partial charge in [-0.05, 0) is 38.1 Å². The van der Waals surface area contributed by atoms with Crippen molar-refractivity contribution in [3.8, 4) is 11.4 Å². The third kappa shape index (κ3) is 4.18. The van der Waals surface area contributed by atoms with E-state index in [2.05, 4.69) is 5.10 Å². The van der Waals surface area contributed by atoms with Gasteiger partial charge in [0, 0.05) is 16.7 Å². The molecule has 2 heterocycles. The lowest BCUT2D eigenvalue weighted by molar-refractivity contribution is -0.112. The predicted octanol–water partition coefficient (Wildman–Crippen LogP) is 5.59. The van der Waals surface area contributed by atoms with Crippen molar-refractivity contribution in [1.82, 2.24) is 9.78 Å². The molecule has 0 radical (unpaired) electrons. The fourth-order valence-electron chi connectivity index (χ4n) is 4.13. The van der Waals surface area contributed by atoms with E-state index in [-0.39, 0.29) is 13.2 Å². The second-order valence-electron chi connectivity index (χ2n) is 8.09. The monoisotopic (exact) mass is 458 g/mol. The van der Waals surface area contributed by atoms with Crippen molar-refractivity contribution < 1.29 is 23.4 Å². The average Bonchev–Trinajstić information content (AvgIpc) is 3.16. The predicted molar refractivity (Wildman–Crippen MR) is 123 cm³/mol. The van der Waals surface area contributed by atoms with E-state index in [9.17, 15) is 9.18 Å². The summed E-state index contributed by atoms with van der Waals surface area (Å²) in [6, 6.07) is 21.7. The van der Waals surface area contributed by atoms with Gasteiger partial charge in [0.25, 0.3) is 0 Å². The normalized spacial score (nSPS) is 14.9. The topological polar surface area (TPSA) is 62.6 Å². The number of halogens is 1. The third-order valence-electron chi connectivity index (χ3n) is 5.75. The molecule has 0 aliphatic carbocycles. The van der Waals surface area contributed by atoms with E-state index in [1.165, 1.54) is 12.1 Å². The Balaban J connectivity index is 1.38. The Labute approximate surface area is 196 Å². The zero-order valence-electron chi connectivity index (χ0n) is 18.8. The average molecular weight is 458 g/mol. The Bertz CT molecular complexity index is 1340. The van der Waals surface area contributed by atoms with Crippen LogP contribution in [0.2, 0.25) is 0 Å². The highest BCUT2D eigenvalue weighted by Gasteiger charge is 2.27. The number of carbonyl (C=O) groups excluding carboxylic acids is 1. The molecule has 0 bridgehead atoms. The first-order valence-electron chi connectivity index (χ1n) is 10.9. The van der Waals surface area contributed by atoms with Crippen LogP contribution in [0.4, 0.5) is 4.39 Å². The zero-order chi connectivity index (χ0) is 23.7. The van der Waals surface area contributed by atoms with Gasteiger partial charge in [-0.2, -0.15) is 5.10 Å². The van der Waals surface area contributed by atoms with E-state index in [0.29, 0.717) is 33.8 Å². The van der Waals surface area contributed by atoms with E-state index in [1.54, 1.807) is 11.6 Å². The van der Waals surface area contributed by atoms with Gasteiger partial charge in [0.05, 0.1) is 23.7 Å². The van der Waals surface area contributed by atoms with Gasteiger partial charge >= 0.3 is 5.97 Å². The number of fused-ring (bicyclic) bond motifs is 1. The summed E-state index contributed by atoms with van der Waals surface area (Å²) in [4.78, 5) is 13.0. The fourth-order valence-corrected chi connectivity index (χ4v) is 4.13. The van der Waals surface area contributed by atoms with Crippen LogP contribution in [0.15, 0.2) is 72.8 Å². The molecule has 34 heavy (non-hydrogen) atoms. The van der Waals surface area contributed by atoms with Gasteiger partial charge in [0.2, 0.25) is 6.29 Å². The highest BCUT2D eigenvalue weighted by Crippen LogP contribution is 2.37. The lowest BCUT2D eigenvalue weighted by Crippen LogP contribution is -2.20. The highest BCUT2D eigenvalue weighted by molar-refractivity contribution is 5.92. The molecule has 172 valence electrons. The summed E-state index contributed by atoms with van der Waals surface area (Å²) in [7, 11) is 0. The van der Waals surface area contributed by atoms with E-state index in [4.69, 9.17) is 14.2 Å². The van der Waals surface area contributed by atoms with Crippen molar-refractivity contribution in [2.24, 2.45) is 0 Å². The number of para-hydroxylation sites is 1. The summed E-state index contributed by atoms with van der Waals surface area (Å²) < 4.78 is 33.4. The molecule has 6 nitrogen and oxygen atoms in total. The number of nitrogens with zero attached hydrogens (tertiary/aromatic N) is 2. The molecule has 0 saturated carbocycles. The minimum Gasteiger partial charge on any atom is -0.460 e. The van der Waals surface area contributed by atoms with E-state index in [0.717, 1.165) is 11.3 Å². The Hall–Kier alpha value is -3.97. The van der Waals surface area contributed by atoms with Crippen LogP contribution in [0.25, 0.3) is 5.69 Å². The van der Waals surface area contributed by atoms with Gasteiger partial charge in [-0.25, -0.2) is 13.9 Å². The van der Waals surface area contributed by atoms with Gasteiger partial charge in [-0.3, -0.25) is 0 Å². The molecule has 5 rings (SSSR count). The first kappa shape index (κ1) is 21.9. The van der Waals surface area contributed by atoms with Crippen molar-refractivity contribution in [2.75, 3.05) is 0 Å². The summed E-state index contributed by atoms with van der Waals surface area (Å²) in [6.45, 7) is 3.63. The van der Waals surface area contributed by atoms with Crippen LogP contribution in [-0.4, -0.2) is 15.7 Å². The maximum absolute atomic E-state index is 14.3. The number of carbonyl (C=O) groups is 1.